The number of carbonyl (C=O) groups is 2. The molecular formula is C14H17N3O5S. The van der Waals surface area contributed by atoms with E-state index in [1.807, 2.05) is 0 Å². The molecule has 1 heterocycles. The second-order valence-electron chi connectivity index (χ2n) is 5.23. The lowest BCUT2D eigenvalue weighted by Gasteiger charge is -2.35. The first kappa shape index (κ1) is 17.1. The Kier molecular flexibility index (Phi) is 5.43. The molecule has 1 unspecified atom stereocenters. The fourth-order valence-corrected chi connectivity index (χ4v) is 2.79. The number of hydrogen-bond acceptors (Lipinski definition) is 6. The van der Waals surface area contributed by atoms with Gasteiger partial charge in [-0.25, -0.2) is 4.79 Å². The molecule has 8 nitrogen and oxygen atoms in total. The quantitative estimate of drug-likeness (QED) is 0.372. The molecule has 1 aromatic rings. The van der Waals surface area contributed by atoms with Crippen LogP contribution in [0.3, 0.4) is 0 Å². The molecule has 124 valence electrons. The highest BCUT2D eigenvalue weighted by atomic mass is 32.1. The van der Waals surface area contributed by atoms with E-state index in [-0.39, 0.29) is 17.4 Å². The first-order chi connectivity index (χ1) is 10.9. The van der Waals surface area contributed by atoms with Gasteiger partial charge in [0.05, 0.1) is 10.5 Å². The monoisotopic (exact) mass is 339 g/mol. The molecular weight excluding hydrogens is 322 g/mol. The van der Waals surface area contributed by atoms with Gasteiger partial charge in [-0.3, -0.25) is 19.8 Å². The highest BCUT2D eigenvalue weighted by Gasteiger charge is 2.38. The van der Waals surface area contributed by atoms with Gasteiger partial charge >= 0.3 is 12.3 Å². The van der Waals surface area contributed by atoms with Gasteiger partial charge in [0, 0.05) is 11.8 Å². The lowest BCUT2D eigenvalue weighted by molar-refractivity contribution is -0.575. The Hall–Kier alpha value is -2.29. The van der Waals surface area contributed by atoms with E-state index in [1.165, 1.54) is 12.1 Å². The van der Waals surface area contributed by atoms with Crippen LogP contribution in [0.5, 0.6) is 0 Å². The van der Waals surface area contributed by atoms with Crippen LogP contribution in [-0.2, 0) is 9.53 Å². The van der Waals surface area contributed by atoms with Crippen LogP contribution in [0.25, 0.3) is 0 Å². The smallest absolute Gasteiger partial charge is 0.377 e. The second-order valence-corrected chi connectivity index (χ2v) is 5.96. The molecule has 1 aromatic carbocycles. The summed E-state index contributed by atoms with van der Waals surface area (Å²) in [6, 6.07) is 7.05. The molecule has 0 aliphatic carbocycles. The normalized spacial score (nSPS) is 22.2. The Morgan fingerprint density at radius 3 is 2.57 bits per heavy atom. The molecule has 3 atom stereocenters. The molecule has 0 aromatic heterocycles. The number of nitrogens with two attached hydrogens (primary N) is 1. The number of rotatable bonds is 4. The number of hydrogen-bond donors (Lipinski definition) is 2. The van der Waals surface area contributed by atoms with Crippen molar-refractivity contribution in [3.8, 4) is 0 Å². The van der Waals surface area contributed by atoms with Gasteiger partial charge < -0.3 is 10.5 Å². The third-order valence-corrected chi connectivity index (χ3v) is 4.03. The number of likely N-dealkylation sites (tertiary alicyclic amines) is 1. The molecule has 1 aliphatic rings. The van der Waals surface area contributed by atoms with Crippen LogP contribution in [0.1, 0.15) is 24.6 Å². The van der Waals surface area contributed by atoms with E-state index in [4.69, 9.17) is 10.5 Å². The van der Waals surface area contributed by atoms with Gasteiger partial charge in [0.1, 0.15) is 6.04 Å². The lowest BCUT2D eigenvalue weighted by Crippen LogP contribution is -2.53. The summed E-state index contributed by atoms with van der Waals surface area (Å²) in [5, 5.41) is 11.1. The van der Waals surface area contributed by atoms with Crippen molar-refractivity contribution in [3.05, 3.63) is 46.0 Å². The van der Waals surface area contributed by atoms with Crippen LogP contribution >= 0.6 is 12.6 Å². The average molecular weight is 339 g/mol. The number of carbonyl (C=O) groups excluding carboxylic acids is 2. The predicted molar refractivity (Wildman–Crippen MR) is 84.4 cm³/mol. The van der Waals surface area contributed by atoms with E-state index in [9.17, 15) is 19.7 Å². The minimum absolute atomic E-state index is 0.135. The SMILES string of the molecule is NC(=O)[C@@H]1CC[C@H](S)CN1C(=O)OC(c1ccccc1)[N+](=O)[O-]. The van der Waals surface area contributed by atoms with E-state index in [1.54, 1.807) is 18.2 Å². The first-order valence-corrected chi connectivity index (χ1v) is 7.55. The van der Waals surface area contributed by atoms with Crippen LogP contribution in [0.15, 0.2) is 30.3 Å². The maximum absolute atomic E-state index is 12.3. The van der Waals surface area contributed by atoms with Gasteiger partial charge in [-0.15, -0.1) is 0 Å². The molecule has 1 aliphatic heterocycles. The summed E-state index contributed by atoms with van der Waals surface area (Å²) in [7, 11) is 0. The molecule has 1 fully saturated rings. The minimum Gasteiger partial charge on any atom is -0.377 e. The highest BCUT2D eigenvalue weighted by molar-refractivity contribution is 7.81. The van der Waals surface area contributed by atoms with Crippen molar-refractivity contribution in [2.24, 2.45) is 5.73 Å². The van der Waals surface area contributed by atoms with E-state index in [0.29, 0.717) is 12.8 Å². The zero-order valence-electron chi connectivity index (χ0n) is 12.2. The Labute approximate surface area is 138 Å². The number of primary amides is 1. The maximum atomic E-state index is 12.3. The summed E-state index contributed by atoms with van der Waals surface area (Å²) in [4.78, 5) is 35.4. The van der Waals surface area contributed by atoms with Crippen molar-refractivity contribution < 1.29 is 19.2 Å². The average Bonchev–Trinajstić information content (AvgIpc) is 2.52. The van der Waals surface area contributed by atoms with Gasteiger partial charge in [0.15, 0.2) is 0 Å². The van der Waals surface area contributed by atoms with E-state index in [0.717, 1.165) is 4.90 Å². The number of amides is 2. The Bertz CT molecular complexity index is 597. The predicted octanol–water partition coefficient (Wildman–Crippen LogP) is 1.35. The fraction of sp³-hybridized carbons (Fsp3) is 0.429. The summed E-state index contributed by atoms with van der Waals surface area (Å²) >= 11 is 4.29. The third kappa shape index (κ3) is 4.13. The third-order valence-electron chi connectivity index (χ3n) is 3.61. The molecule has 1 saturated heterocycles. The van der Waals surface area contributed by atoms with E-state index in [2.05, 4.69) is 12.6 Å². The van der Waals surface area contributed by atoms with Gasteiger partial charge in [-0.05, 0) is 25.0 Å². The molecule has 0 saturated carbocycles. The van der Waals surface area contributed by atoms with Crippen molar-refractivity contribution in [1.82, 2.24) is 4.90 Å². The summed E-state index contributed by atoms with van der Waals surface area (Å²) in [5.41, 5.74) is 5.53. The van der Waals surface area contributed by atoms with Crippen molar-refractivity contribution in [2.45, 2.75) is 30.4 Å². The zero-order chi connectivity index (χ0) is 17.0. The van der Waals surface area contributed by atoms with Crippen molar-refractivity contribution in [1.29, 1.82) is 0 Å². The molecule has 9 heteroatoms. The molecule has 0 bridgehead atoms. The number of benzene rings is 1. The van der Waals surface area contributed by atoms with Crippen LogP contribution in [0.2, 0.25) is 0 Å². The summed E-state index contributed by atoms with van der Waals surface area (Å²) in [6.45, 7) is 0.148. The Morgan fingerprint density at radius 1 is 1.35 bits per heavy atom. The van der Waals surface area contributed by atoms with Crippen molar-refractivity contribution >= 4 is 24.6 Å². The summed E-state index contributed by atoms with van der Waals surface area (Å²) in [6.07, 6.45) is -1.61. The number of ether oxygens (including phenoxy) is 1. The lowest BCUT2D eigenvalue weighted by atomic mass is 10.0. The largest absolute Gasteiger partial charge is 0.415 e. The van der Waals surface area contributed by atoms with Gasteiger partial charge in [-0.2, -0.15) is 12.6 Å². The fourth-order valence-electron chi connectivity index (χ4n) is 2.46. The molecule has 2 amide bonds. The van der Waals surface area contributed by atoms with E-state index < -0.39 is 29.2 Å². The van der Waals surface area contributed by atoms with Gasteiger partial charge in [0.2, 0.25) is 5.91 Å². The molecule has 2 rings (SSSR count). The topological polar surface area (TPSA) is 116 Å². The molecule has 23 heavy (non-hydrogen) atoms. The van der Waals surface area contributed by atoms with Gasteiger partial charge in [0.25, 0.3) is 0 Å². The highest BCUT2D eigenvalue weighted by Crippen LogP contribution is 2.25. The number of thiol groups is 1. The van der Waals surface area contributed by atoms with Crippen LogP contribution < -0.4 is 5.73 Å². The van der Waals surface area contributed by atoms with Crippen molar-refractivity contribution in [3.63, 3.8) is 0 Å². The maximum Gasteiger partial charge on any atom is 0.415 e. The number of piperidine rings is 1. The Morgan fingerprint density at radius 2 is 2.00 bits per heavy atom. The summed E-state index contributed by atoms with van der Waals surface area (Å²) < 4.78 is 5.01. The minimum atomic E-state index is -1.64. The van der Waals surface area contributed by atoms with Gasteiger partial charge in [-0.1, -0.05) is 18.2 Å². The number of nitro groups is 1. The zero-order valence-corrected chi connectivity index (χ0v) is 13.1. The number of nitrogens with zero attached hydrogens (tertiary/aromatic N) is 2. The molecule has 2 N–H and O–H groups in total. The summed E-state index contributed by atoms with van der Waals surface area (Å²) in [5.74, 6) is -0.667. The molecule has 0 spiro atoms. The molecule has 0 radical (unpaired) electrons. The van der Waals surface area contributed by atoms with Crippen LogP contribution in [0.4, 0.5) is 4.79 Å². The Balaban J connectivity index is 2.17. The standard InChI is InChI=1S/C14H17N3O5S/c15-12(18)11-7-6-10(23)8-16(11)14(19)22-13(17(20)21)9-4-2-1-3-5-9/h1-5,10-11,13,23H,6-8H2,(H2,15,18)/t10-,11-,13?/m0/s1. The van der Waals surface area contributed by atoms with Crippen LogP contribution in [0, 0.1) is 10.1 Å². The first-order valence-electron chi connectivity index (χ1n) is 7.03. The van der Waals surface area contributed by atoms with E-state index >= 15 is 0 Å². The van der Waals surface area contributed by atoms with Crippen LogP contribution in [-0.4, -0.2) is 39.7 Å². The van der Waals surface area contributed by atoms with Crippen molar-refractivity contribution in [2.75, 3.05) is 6.54 Å². The second kappa shape index (κ2) is 7.32.